The van der Waals surface area contributed by atoms with Crippen LogP contribution in [0, 0.1) is 0 Å². The van der Waals surface area contributed by atoms with E-state index in [2.05, 4.69) is 4.84 Å². The van der Waals surface area contributed by atoms with E-state index in [4.69, 9.17) is 0 Å². The molecule has 1 N–H and O–H groups in total. The highest BCUT2D eigenvalue weighted by Crippen LogP contribution is 1.69. The van der Waals surface area contributed by atoms with Crippen molar-refractivity contribution in [3.05, 3.63) is 0 Å². The molecule has 0 fully saturated rings. The van der Waals surface area contributed by atoms with E-state index in [0.29, 0.717) is 0 Å². The van der Waals surface area contributed by atoms with Gasteiger partial charge >= 0.3 is 0 Å². The smallest absolute Gasteiger partial charge is 0.240 e. The number of rotatable bonds is 3. The van der Waals surface area contributed by atoms with Crippen LogP contribution in [0.5, 0.6) is 0 Å². The van der Waals surface area contributed by atoms with Crippen molar-refractivity contribution in [2.45, 2.75) is 13.8 Å². The summed E-state index contributed by atoms with van der Waals surface area (Å²) in [6.07, 6.45) is 0. The zero-order valence-electron chi connectivity index (χ0n) is 5.43. The minimum atomic E-state index is -0.309. The van der Waals surface area contributed by atoms with E-state index < -0.39 is 0 Å². The van der Waals surface area contributed by atoms with Crippen molar-refractivity contribution in [2.75, 3.05) is 6.61 Å². The minimum Gasteiger partial charge on any atom is -0.297 e. The van der Waals surface area contributed by atoms with E-state index in [1.807, 2.05) is 5.48 Å². The van der Waals surface area contributed by atoms with Gasteiger partial charge in [0, 0.05) is 6.92 Å². The molecule has 0 aliphatic carbocycles. The summed E-state index contributed by atoms with van der Waals surface area (Å²) in [7, 11) is 0. The summed E-state index contributed by atoms with van der Waals surface area (Å²) in [5.41, 5.74) is 2.02. The van der Waals surface area contributed by atoms with Gasteiger partial charge in [0.05, 0.1) is 0 Å². The monoisotopic (exact) mass is 131 g/mol. The summed E-state index contributed by atoms with van der Waals surface area (Å²) >= 11 is 0. The van der Waals surface area contributed by atoms with Crippen LogP contribution in [0.15, 0.2) is 0 Å². The maximum Gasteiger partial charge on any atom is 0.240 e. The number of ketones is 1. The van der Waals surface area contributed by atoms with Crippen molar-refractivity contribution in [1.82, 2.24) is 5.48 Å². The fourth-order valence-electron chi connectivity index (χ4n) is 0.239. The molecule has 0 aromatic carbocycles. The average molecular weight is 131 g/mol. The van der Waals surface area contributed by atoms with Gasteiger partial charge in [-0.05, 0) is 6.92 Å². The third kappa shape index (κ3) is 7.10. The quantitative estimate of drug-likeness (QED) is 0.532. The molecule has 0 atom stereocenters. The van der Waals surface area contributed by atoms with E-state index >= 15 is 0 Å². The van der Waals surface area contributed by atoms with Crippen LogP contribution in [0.3, 0.4) is 0 Å². The third-order valence-electron chi connectivity index (χ3n) is 0.491. The standard InChI is InChI=1S/C5H9NO3/c1-4(7)3-9-6-5(2)8/h3H2,1-2H3,(H,6,8). The van der Waals surface area contributed by atoms with Crippen LogP contribution in [0.4, 0.5) is 0 Å². The molecule has 4 heteroatoms. The minimum absolute atomic E-state index is 0.0699. The Kier molecular flexibility index (Phi) is 3.62. The topological polar surface area (TPSA) is 55.4 Å². The molecule has 4 nitrogen and oxygen atoms in total. The molecule has 0 saturated heterocycles. The molecule has 0 aliphatic rings. The van der Waals surface area contributed by atoms with Crippen molar-refractivity contribution in [3.63, 3.8) is 0 Å². The fraction of sp³-hybridized carbons (Fsp3) is 0.600. The van der Waals surface area contributed by atoms with Crippen LogP contribution in [0.2, 0.25) is 0 Å². The lowest BCUT2D eigenvalue weighted by Crippen LogP contribution is -2.23. The Balaban J connectivity index is 3.10. The fourth-order valence-corrected chi connectivity index (χ4v) is 0.239. The van der Waals surface area contributed by atoms with Gasteiger partial charge in [0.25, 0.3) is 0 Å². The third-order valence-corrected chi connectivity index (χ3v) is 0.491. The first-order chi connectivity index (χ1) is 4.13. The number of hydrogen-bond donors (Lipinski definition) is 1. The maximum atomic E-state index is 10.1. The highest BCUT2D eigenvalue weighted by molar-refractivity contribution is 5.77. The molecule has 0 heterocycles. The zero-order chi connectivity index (χ0) is 7.28. The summed E-state index contributed by atoms with van der Waals surface area (Å²) in [5, 5.41) is 0. The molecule has 0 radical (unpaired) electrons. The molecule has 0 saturated carbocycles. The first-order valence-corrected chi connectivity index (χ1v) is 2.50. The van der Waals surface area contributed by atoms with Gasteiger partial charge in [-0.1, -0.05) is 0 Å². The molecule has 0 unspecified atom stereocenters. The molecule has 0 bridgehead atoms. The van der Waals surface area contributed by atoms with Crippen molar-refractivity contribution in [2.24, 2.45) is 0 Å². The van der Waals surface area contributed by atoms with E-state index in [0.717, 1.165) is 0 Å². The van der Waals surface area contributed by atoms with Crippen molar-refractivity contribution in [3.8, 4) is 0 Å². The summed E-state index contributed by atoms with van der Waals surface area (Å²) in [4.78, 5) is 24.6. The van der Waals surface area contributed by atoms with Crippen molar-refractivity contribution < 1.29 is 14.4 Å². The molecule has 0 spiro atoms. The number of hydroxylamine groups is 1. The second kappa shape index (κ2) is 4.03. The number of hydrogen-bond acceptors (Lipinski definition) is 3. The van der Waals surface area contributed by atoms with Crippen molar-refractivity contribution in [1.29, 1.82) is 0 Å². The molecule has 0 aliphatic heterocycles. The van der Waals surface area contributed by atoms with E-state index in [1.165, 1.54) is 13.8 Å². The lowest BCUT2D eigenvalue weighted by atomic mass is 10.5. The lowest BCUT2D eigenvalue weighted by Gasteiger charge is -1.97. The van der Waals surface area contributed by atoms with Crippen LogP contribution >= 0.6 is 0 Å². The van der Waals surface area contributed by atoms with Gasteiger partial charge in [-0.15, -0.1) is 0 Å². The molecule has 9 heavy (non-hydrogen) atoms. The van der Waals surface area contributed by atoms with E-state index in [9.17, 15) is 9.59 Å². The highest BCUT2D eigenvalue weighted by Gasteiger charge is 1.92. The Morgan fingerprint density at radius 3 is 2.33 bits per heavy atom. The van der Waals surface area contributed by atoms with Gasteiger partial charge in [0.1, 0.15) is 6.61 Å². The molecular formula is C5H9NO3. The second-order valence-electron chi connectivity index (χ2n) is 1.65. The van der Waals surface area contributed by atoms with Gasteiger partial charge in [-0.25, -0.2) is 5.48 Å². The van der Waals surface area contributed by atoms with E-state index in [1.54, 1.807) is 0 Å². The number of nitrogens with one attached hydrogen (secondary N) is 1. The van der Waals surface area contributed by atoms with Gasteiger partial charge in [0.15, 0.2) is 5.78 Å². The highest BCUT2D eigenvalue weighted by atomic mass is 16.7. The average Bonchev–Trinajstić information content (AvgIpc) is 1.63. The number of carbonyl (C=O) groups excluding carboxylic acids is 2. The van der Waals surface area contributed by atoms with E-state index in [-0.39, 0.29) is 18.3 Å². The predicted octanol–water partition coefficient (Wildman–Crippen LogP) is -0.357. The first-order valence-electron chi connectivity index (χ1n) is 2.50. The summed E-state index contributed by atoms with van der Waals surface area (Å²) in [6, 6.07) is 0. The van der Waals surface area contributed by atoms with Gasteiger partial charge in [0.2, 0.25) is 5.91 Å². The molecular weight excluding hydrogens is 122 g/mol. The number of Topliss-reactive ketones (excluding diaryl/α,β-unsaturated/α-hetero) is 1. The number of amides is 1. The van der Waals surface area contributed by atoms with Crippen LogP contribution < -0.4 is 5.48 Å². The first kappa shape index (κ1) is 8.10. The summed E-state index contributed by atoms with van der Waals surface area (Å²) < 4.78 is 0. The largest absolute Gasteiger partial charge is 0.297 e. The van der Waals surface area contributed by atoms with Gasteiger partial charge < -0.3 is 0 Å². The molecule has 0 rings (SSSR count). The molecule has 52 valence electrons. The zero-order valence-corrected chi connectivity index (χ0v) is 5.43. The van der Waals surface area contributed by atoms with Crippen LogP contribution in [-0.2, 0) is 14.4 Å². The maximum absolute atomic E-state index is 10.1. The van der Waals surface area contributed by atoms with Crippen LogP contribution in [0.25, 0.3) is 0 Å². The van der Waals surface area contributed by atoms with Crippen LogP contribution in [0.1, 0.15) is 13.8 Å². The molecule has 0 aromatic heterocycles. The molecule has 0 aromatic rings. The Bertz CT molecular complexity index is 107. The lowest BCUT2D eigenvalue weighted by molar-refractivity contribution is -0.135. The van der Waals surface area contributed by atoms with Crippen LogP contribution in [-0.4, -0.2) is 18.3 Å². The Hall–Kier alpha value is -0.900. The van der Waals surface area contributed by atoms with Gasteiger partial charge in [-0.3, -0.25) is 14.4 Å². The normalized spacial score (nSPS) is 8.67. The number of carbonyl (C=O) groups is 2. The SMILES string of the molecule is CC(=O)CONC(C)=O. The molecule has 1 amide bonds. The Morgan fingerprint density at radius 1 is 1.44 bits per heavy atom. The summed E-state index contributed by atoms with van der Waals surface area (Å²) in [6.45, 7) is 2.61. The van der Waals surface area contributed by atoms with Gasteiger partial charge in [-0.2, -0.15) is 0 Å². The predicted molar refractivity (Wildman–Crippen MR) is 30.4 cm³/mol. The Morgan fingerprint density at radius 2 is 2.00 bits per heavy atom. The second-order valence-corrected chi connectivity index (χ2v) is 1.65. The Labute approximate surface area is 53.1 Å². The summed E-state index contributed by atoms with van der Waals surface area (Å²) in [5.74, 6) is -0.431. The van der Waals surface area contributed by atoms with Crippen molar-refractivity contribution >= 4 is 11.7 Å².